The summed E-state index contributed by atoms with van der Waals surface area (Å²) in [5, 5.41) is 2.76. The van der Waals surface area contributed by atoms with E-state index in [4.69, 9.17) is 26.8 Å². The molecule has 170 valence electrons. The molecule has 0 saturated carbocycles. The minimum Gasteiger partial charge on any atom is -0.486 e. The number of anilines is 2. The maximum absolute atomic E-state index is 12.7. The maximum Gasteiger partial charge on any atom is 0.262 e. The number of nitrogens with two attached hydrogens (primary N) is 1. The molecule has 0 aromatic heterocycles. The van der Waals surface area contributed by atoms with E-state index in [0.29, 0.717) is 30.4 Å². The van der Waals surface area contributed by atoms with E-state index in [1.807, 2.05) is 0 Å². The zero-order valence-electron chi connectivity index (χ0n) is 17.0. The van der Waals surface area contributed by atoms with Gasteiger partial charge in [-0.3, -0.25) is 14.3 Å². The Morgan fingerprint density at radius 2 is 1.55 bits per heavy atom. The molecule has 0 radical (unpaired) electrons. The van der Waals surface area contributed by atoms with Crippen LogP contribution >= 0.6 is 11.6 Å². The number of hydrogen-bond acceptors (Lipinski definition) is 6. The van der Waals surface area contributed by atoms with Gasteiger partial charge >= 0.3 is 0 Å². The van der Waals surface area contributed by atoms with Gasteiger partial charge in [-0.05, 0) is 54.6 Å². The number of carbonyl (C=O) groups excluding carboxylic acids is 2. The fourth-order valence-corrected chi connectivity index (χ4v) is 4.44. The number of ether oxygens (including phenoxy) is 2. The average Bonchev–Trinajstić information content (AvgIpc) is 2.78. The second-order valence-corrected chi connectivity index (χ2v) is 9.09. The van der Waals surface area contributed by atoms with Gasteiger partial charge in [0.1, 0.15) is 13.2 Å². The molecule has 1 aliphatic heterocycles. The molecule has 1 heterocycles. The Kier molecular flexibility index (Phi) is 6.12. The number of fused-ring (bicyclic) bond motifs is 1. The van der Waals surface area contributed by atoms with Crippen LogP contribution in [-0.2, 0) is 10.0 Å². The van der Waals surface area contributed by atoms with E-state index in [2.05, 4.69) is 10.0 Å². The first kappa shape index (κ1) is 22.4. The third-order valence-electron chi connectivity index (χ3n) is 4.72. The first-order valence-corrected chi connectivity index (χ1v) is 11.5. The van der Waals surface area contributed by atoms with E-state index in [1.165, 1.54) is 54.6 Å². The van der Waals surface area contributed by atoms with Crippen LogP contribution < -0.4 is 25.2 Å². The summed E-state index contributed by atoms with van der Waals surface area (Å²) in [6, 6.07) is 14.6. The monoisotopic (exact) mass is 487 g/mol. The fourth-order valence-electron chi connectivity index (χ4n) is 3.09. The van der Waals surface area contributed by atoms with Crippen LogP contribution in [0.4, 0.5) is 11.4 Å². The Bertz CT molecular complexity index is 1340. The van der Waals surface area contributed by atoms with Gasteiger partial charge in [0, 0.05) is 23.0 Å². The molecular weight excluding hydrogens is 470 g/mol. The number of nitrogens with one attached hydrogen (secondary N) is 2. The number of amides is 2. The van der Waals surface area contributed by atoms with Crippen LogP contribution in [0.5, 0.6) is 11.5 Å². The quantitative estimate of drug-likeness (QED) is 0.488. The summed E-state index contributed by atoms with van der Waals surface area (Å²) in [5.41, 5.74) is 6.29. The number of carbonyl (C=O) groups is 2. The molecule has 4 N–H and O–H groups in total. The van der Waals surface area contributed by atoms with Crippen LogP contribution in [0.15, 0.2) is 65.6 Å². The normalized spacial score (nSPS) is 12.6. The summed E-state index contributed by atoms with van der Waals surface area (Å²) in [5.74, 6) is -0.271. The van der Waals surface area contributed by atoms with Crippen LogP contribution in [0, 0.1) is 0 Å². The molecule has 0 atom stereocenters. The van der Waals surface area contributed by atoms with Gasteiger partial charge in [-0.2, -0.15) is 0 Å². The highest BCUT2D eigenvalue weighted by Crippen LogP contribution is 2.32. The molecule has 1 aliphatic rings. The highest BCUT2D eigenvalue weighted by atomic mass is 35.5. The smallest absolute Gasteiger partial charge is 0.262 e. The van der Waals surface area contributed by atoms with Crippen molar-refractivity contribution < 1.29 is 27.5 Å². The molecule has 11 heteroatoms. The minimum absolute atomic E-state index is 0.0184. The van der Waals surface area contributed by atoms with Crippen molar-refractivity contribution in [3.05, 3.63) is 76.8 Å². The lowest BCUT2D eigenvalue weighted by atomic mass is 10.1. The van der Waals surface area contributed by atoms with Gasteiger partial charge in [0.05, 0.1) is 15.5 Å². The molecule has 0 fully saturated rings. The number of rotatable bonds is 6. The standard InChI is InChI=1S/C22H18ClN3O6S/c23-18-11-15(5-7-17(18)21(24)27)25-22(28)13-1-3-14(4-2-13)26-33(29,30)16-6-8-19-20(12-16)32-10-9-31-19/h1-8,11-12,26H,9-10H2,(H2,24,27)(H,25,28). The lowest BCUT2D eigenvalue weighted by molar-refractivity contribution is 0.0998. The molecule has 0 unspecified atom stereocenters. The van der Waals surface area contributed by atoms with E-state index in [-0.39, 0.29) is 26.7 Å². The SMILES string of the molecule is NC(=O)c1ccc(NC(=O)c2ccc(NS(=O)(=O)c3ccc4c(c3)OCCO4)cc2)cc1Cl. The second-order valence-electron chi connectivity index (χ2n) is 7.00. The fraction of sp³-hybridized carbons (Fsp3) is 0.0909. The van der Waals surface area contributed by atoms with Gasteiger partial charge < -0.3 is 20.5 Å². The molecule has 0 spiro atoms. The van der Waals surface area contributed by atoms with Crippen molar-refractivity contribution in [1.82, 2.24) is 0 Å². The molecule has 0 aliphatic carbocycles. The first-order valence-electron chi connectivity index (χ1n) is 9.66. The lowest BCUT2D eigenvalue weighted by Gasteiger charge is -2.19. The summed E-state index contributed by atoms with van der Waals surface area (Å²) < 4.78 is 38.7. The van der Waals surface area contributed by atoms with Crippen LogP contribution in [0.2, 0.25) is 5.02 Å². The maximum atomic E-state index is 12.7. The Hall–Kier alpha value is -3.76. The molecule has 0 bridgehead atoms. The molecule has 0 saturated heterocycles. The number of halogens is 1. The van der Waals surface area contributed by atoms with E-state index in [1.54, 1.807) is 6.07 Å². The third kappa shape index (κ3) is 5.02. The van der Waals surface area contributed by atoms with E-state index in [9.17, 15) is 18.0 Å². The number of benzene rings is 3. The van der Waals surface area contributed by atoms with Gasteiger partial charge in [0.15, 0.2) is 11.5 Å². The number of primary amides is 1. The van der Waals surface area contributed by atoms with E-state index in [0.717, 1.165) is 0 Å². The Morgan fingerprint density at radius 3 is 2.21 bits per heavy atom. The van der Waals surface area contributed by atoms with Crippen molar-refractivity contribution in [3.8, 4) is 11.5 Å². The Labute approximate surface area is 194 Å². The molecule has 33 heavy (non-hydrogen) atoms. The number of hydrogen-bond donors (Lipinski definition) is 3. The predicted octanol–water partition coefficient (Wildman–Crippen LogP) is 3.26. The molecule has 2 amide bonds. The summed E-state index contributed by atoms with van der Waals surface area (Å²) in [4.78, 5) is 23.8. The zero-order valence-corrected chi connectivity index (χ0v) is 18.6. The summed E-state index contributed by atoms with van der Waals surface area (Å²) >= 11 is 5.99. The van der Waals surface area contributed by atoms with Crippen LogP contribution in [0.25, 0.3) is 0 Å². The van der Waals surface area contributed by atoms with Crippen LogP contribution in [0.3, 0.4) is 0 Å². The first-order chi connectivity index (χ1) is 15.7. The van der Waals surface area contributed by atoms with E-state index < -0.39 is 21.8 Å². The summed E-state index contributed by atoms with van der Waals surface area (Å²) in [6.07, 6.45) is 0. The third-order valence-corrected chi connectivity index (χ3v) is 6.41. The Morgan fingerprint density at radius 1 is 0.879 bits per heavy atom. The molecule has 4 rings (SSSR count). The van der Waals surface area contributed by atoms with Gasteiger partial charge in [0.25, 0.3) is 15.9 Å². The predicted molar refractivity (Wildman–Crippen MR) is 123 cm³/mol. The van der Waals surface area contributed by atoms with Gasteiger partial charge in [-0.1, -0.05) is 11.6 Å². The van der Waals surface area contributed by atoms with Gasteiger partial charge in [-0.15, -0.1) is 0 Å². The number of sulfonamides is 1. The van der Waals surface area contributed by atoms with Gasteiger partial charge in [0.2, 0.25) is 5.91 Å². The highest BCUT2D eigenvalue weighted by molar-refractivity contribution is 7.92. The van der Waals surface area contributed by atoms with Crippen LogP contribution in [0.1, 0.15) is 20.7 Å². The van der Waals surface area contributed by atoms with Crippen molar-refractivity contribution >= 4 is 44.8 Å². The lowest BCUT2D eigenvalue weighted by Crippen LogP contribution is -2.17. The zero-order chi connectivity index (χ0) is 23.6. The minimum atomic E-state index is -3.88. The second kappa shape index (κ2) is 9.00. The van der Waals surface area contributed by atoms with Crippen molar-refractivity contribution in [2.24, 2.45) is 5.73 Å². The summed E-state index contributed by atoms with van der Waals surface area (Å²) in [7, 11) is -3.88. The largest absolute Gasteiger partial charge is 0.486 e. The van der Waals surface area contributed by atoms with Crippen LogP contribution in [-0.4, -0.2) is 33.4 Å². The van der Waals surface area contributed by atoms with Crippen molar-refractivity contribution in [2.45, 2.75) is 4.90 Å². The summed E-state index contributed by atoms with van der Waals surface area (Å²) in [6.45, 7) is 0.748. The van der Waals surface area contributed by atoms with Crippen molar-refractivity contribution in [1.29, 1.82) is 0 Å². The Balaban J connectivity index is 1.45. The molecule has 3 aromatic rings. The van der Waals surface area contributed by atoms with Crippen molar-refractivity contribution in [3.63, 3.8) is 0 Å². The highest BCUT2D eigenvalue weighted by Gasteiger charge is 2.20. The molecule has 3 aromatic carbocycles. The van der Waals surface area contributed by atoms with E-state index >= 15 is 0 Å². The molecular formula is C22H18ClN3O6S. The van der Waals surface area contributed by atoms with Gasteiger partial charge in [-0.25, -0.2) is 8.42 Å². The molecule has 9 nitrogen and oxygen atoms in total. The topological polar surface area (TPSA) is 137 Å². The van der Waals surface area contributed by atoms with Crippen molar-refractivity contribution in [2.75, 3.05) is 23.3 Å². The average molecular weight is 488 g/mol.